The third kappa shape index (κ3) is 4.67. The van der Waals surface area contributed by atoms with Crippen LogP contribution in [0.15, 0.2) is 60.7 Å². The van der Waals surface area contributed by atoms with Crippen LogP contribution in [0.1, 0.15) is 25.0 Å². The van der Waals surface area contributed by atoms with E-state index in [1.54, 1.807) is 0 Å². The van der Waals surface area contributed by atoms with Crippen molar-refractivity contribution < 1.29 is 19.3 Å². The lowest BCUT2D eigenvalue weighted by atomic mass is 9.91. The highest BCUT2D eigenvalue weighted by Crippen LogP contribution is 2.30. The molecule has 1 saturated heterocycles. The molecule has 0 saturated carbocycles. The normalized spacial score (nSPS) is 29.5. The van der Waals surface area contributed by atoms with E-state index >= 15 is 0 Å². The van der Waals surface area contributed by atoms with Gasteiger partial charge < -0.3 is 19.3 Å². The van der Waals surface area contributed by atoms with Crippen molar-refractivity contribution >= 4 is 0 Å². The van der Waals surface area contributed by atoms with E-state index in [0.29, 0.717) is 13.2 Å². The minimum absolute atomic E-state index is 0.0904. The molecule has 2 aromatic carbocycles. The minimum Gasteiger partial charge on any atom is -0.370 e. The fraction of sp³-hybridized carbons (Fsp3) is 0.429. The monoisotopic (exact) mass is 342 g/mol. The highest BCUT2D eigenvalue weighted by Gasteiger charge is 2.43. The van der Waals surface area contributed by atoms with Crippen molar-refractivity contribution in [2.75, 3.05) is 0 Å². The largest absolute Gasteiger partial charge is 0.370 e. The lowest BCUT2D eigenvalue weighted by Crippen LogP contribution is -2.54. The van der Waals surface area contributed by atoms with Gasteiger partial charge in [0.05, 0.1) is 25.4 Å². The van der Waals surface area contributed by atoms with E-state index < -0.39 is 12.4 Å². The maximum absolute atomic E-state index is 10.4. The van der Waals surface area contributed by atoms with Crippen molar-refractivity contribution in [2.45, 2.75) is 51.7 Å². The van der Waals surface area contributed by atoms with Gasteiger partial charge in [0, 0.05) is 5.92 Å². The second-order valence-corrected chi connectivity index (χ2v) is 6.61. The summed E-state index contributed by atoms with van der Waals surface area (Å²) in [4.78, 5) is 0. The van der Waals surface area contributed by atoms with Crippen LogP contribution < -0.4 is 0 Å². The van der Waals surface area contributed by atoms with Gasteiger partial charge in [-0.15, -0.1) is 0 Å². The number of aliphatic hydroxyl groups excluding tert-OH is 1. The van der Waals surface area contributed by atoms with Gasteiger partial charge in [-0.25, -0.2) is 0 Å². The molecular formula is C21H26O4. The van der Waals surface area contributed by atoms with Crippen LogP contribution in [0.3, 0.4) is 0 Å². The second-order valence-electron chi connectivity index (χ2n) is 6.61. The molecule has 0 amide bonds. The van der Waals surface area contributed by atoms with Crippen LogP contribution in [-0.4, -0.2) is 29.7 Å². The SMILES string of the molecule is C[C@@H]1[C@@H](OCc2ccccc2)[C@@H](OCc2ccccc2)C(O)O[C@H]1C. The summed E-state index contributed by atoms with van der Waals surface area (Å²) in [5.41, 5.74) is 2.16. The maximum atomic E-state index is 10.4. The molecule has 0 bridgehead atoms. The van der Waals surface area contributed by atoms with Crippen molar-refractivity contribution in [1.82, 2.24) is 0 Å². The lowest BCUT2D eigenvalue weighted by molar-refractivity contribution is -0.286. The highest BCUT2D eigenvalue weighted by atomic mass is 16.7. The molecule has 0 radical (unpaired) electrons. The Morgan fingerprint density at radius 1 is 0.800 bits per heavy atom. The van der Waals surface area contributed by atoms with E-state index in [0.717, 1.165) is 11.1 Å². The van der Waals surface area contributed by atoms with Gasteiger partial charge >= 0.3 is 0 Å². The summed E-state index contributed by atoms with van der Waals surface area (Å²) in [7, 11) is 0. The van der Waals surface area contributed by atoms with Gasteiger partial charge in [0.25, 0.3) is 0 Å². The Balaban J connectivity index is 1.67. The first-order chi connectivity index (χ1) is 12.1. The summed E-state index contributed by atoms with van der Waals surface area (Å²) < 4.78 is 17.8. The Hall–Kier alpha value is -1.72. The summed E-state index contributed by atoms with van der Waals surface area (Å²) in [5.74, 6) is 0.118. The summed E-state index contributed by atoms with van der Waals surface area (Å²) in [6.45, 7) is 4.93. The zero-order valence-corrected chi connectivity index (χ0v) is 14.7. The van der Waals surface area contributed by atoms with Gasteiger partial charge in [0.2, 0.25) is 0 Å². The first-order valence-electron chi connectivity index (χ1n) is 8.79. The molecule has 0 aliphatic carbocycles. The maximum Gasteiger partial charge on any atom is 0.184 e. The molecule has 134 valence electrons. The smallest absolute Gasteiger partial charge is 0.184 e. The summed E-state index contributed by atoms with van der Waals surface area (Å²) >= 11 is 0. The van der Waals surface area contributed by atoms with Crippen LogP contribution in [-0.2, 0) is 27.4 Å². The van der Waals surface area contributed by atoms with E-state index in [1.807, 2.05) is 67.6 Å². The lowest BCUT2D eigenvalue weighted by Gasteiger charge is -2.42. The van der Waals surface area contributed by atoms with Crippen molar-refractivity contribution in [3.63, 3.8) is 0 Å². The van der Waals surface area contributed by atoms with Crippen LogP contribution >= 0.6 is 0 Å². The molecule has 5 atom stereocenters. The van der Waals surface area contributed by atoms with Gasteiger partial charge in [-0.05, 0) is 18.1 Å². The molecule has 1 aliphatic rings. The molecule has 1 aliphatic heterocycles. The zero-order valence-electron chi connectivity index (χ0n) is 14.7. The summed E-state index contributed by atoms with van der Waals surface area (Å²) in [6.07, 6.45) is -1.83. The predicted molar refractivity (Wildman–Crippen MR) is 95.8 cm³/mol. The van der Waals surface area contributed by atoms with E-state index in [9.17, 15) is 5.11 Å². The van der Waals surface area contributed by atoms with Crippen molar-refractivity contribution in [2.24, 2.45) is 5.92 Å². The molecular weight excluding hydrogens is 316 g/mol. The first-order valence-corrected chi connectivity index (χ1v) is 8.79. The molecule has 0 aromatic heterocycles. The molecule has 1 N–H and O–H groups in total. The number of benzene rings is 2. The third-order valence-corrected chi connectivity index (χ3v) is 4.79. The number of aliphatic hydroxyl groups is 1. The van der Waals surface area contributed by atoms with Gasteiger partial charge in [-0.3, -0.25) is 0 Å². The Morgan fingerprint density at radius 2 is 1.28 bits per heavy atom. The fourth-order valence-electron chi connectivity index (χ4n) is 3.11. The average molecular weight is 342 g/mol. The molecule has 4 nitrogen and oxygen atoms in total. The molecule has 1 unspecified atom stereocenters. The standard InChI is InChI=1S/C21H26O4/c1-15-16(2)25-21(22)20(24-14-18-11-7-4-8-12-18)19(15)23-13-17-9-5-3-6-10-17/h3-12,15-16,19-22H,13-14H2,1-2H3/t15-,16-,19+,20+,21?/m0/s1. The van der Waals surface area contributed by atoms with Crippen molar-refractivity contribution in [3.8, 4) is 0 Å². The number of hydrogen-bond donors (Lipinski definition) is 1. The van der Waals surface area contributed by atoms with E-state index in [2.05, 4.69) is 6.92 Å². The van der Waals surface area contributed by atoms with E-state index in [-0.39, 0.29) is 18.1 Å². The number of ether oxygens (including phenoxy) is 3. The van der Waals surface area contributed by atoms with Crippen LogP contribution in [0.4, 0.5) is 0 Å². The van der Waals surface area contributed by atoms with Crippen molar-refractivity contribution in [1.29, 1.82) is 0 Å². The predicted octanol–water partition coefficient (Wildman–Crippen LogP) is 3.53. The minimum atomic E-state index is -0.990. The third-order valence-electron chi connectivity index (χ3n) is 4.79. The van der Waals surface area contributed by atoms with Gasteiger partial charge in [0.1, 0.15) is 6.10 Å². The Kier molecular flexibility index (Phi) is 6.21. The summed E-state index contributed by atoms with van der Waals surface area (Å²) in [5, 5.41) is 10.4. The van der Waals surface area contributed by atoms with Crippen LogP contribution in [0.5, 0.6) is 0 Å². The Labute approximate surface area is 149 Å². The second kappa shape index (κ2) is 8.59. The van der Waals surface area contributed by atoms with Gasteiger partial charge in [-0.2, -0.15) is 0 Å². The van der Waals surface area contributed by atoms with Gasteiger partial charge in [-0.1, -0.05) is 67.6 Å². The molecule has 4 heteroatoms. The zero-order chi connectivity index (χ0) is 17.6. The Morgan fingerprint density at radius 3 is 1.80 bits per heavy atom. The molecule has 1 heterocycles. The highest BCUT2D eigenvalue weighted by molar-refractivity contribution is 5.14. The van der Waals surface area contributed by atoms with Gasteiger partial charge in [0.15, 0.2) is 6.29 Å². The molecule has 2 aromatic rings. The Bertz CT molecular complexity index is 631. The molecule has 3 rings (SSSR count). The van der Waals surface area contributed by atoms with E-state index in [4.69, 9.17) is 14.2 Å². The quantitative estimate of drug-likeness (QED) is 0.872. The van der Waals surface area contributed by atoms with Crippen LogP contribution in [0.2, 0.25) is 0 Å². The molecule has 0 spiro atoms. The first kappa shape index (κ1) is 18.1. The molecule has 25 heavy (non-hydrogen) atoms. The topological polar surface area (TPSA) is 47.9 Å². The van der Waals surface area contributed by atoms with Crippen LogP contribution in [0, 0.1) is 5.92 Å². The molecule has 1 fully saturated rings. The average Bonchev–Trinajstić information content (AvgIpc) is 2.64. The van der Waals surface area contributed by atoms with Crippen LogP contribution in [0.25, 0.3) is 0 Å². The number of hydrogen-bond acceptors (Lipinski definition) is 4. The fourth-order valence-corrected chi connectivity index (χ4v) is 3.11. The number of rotatable bonds is 6. The summed E-state index contributed by atoms with van der Waals surface area (Å²) in [6, 6.07) is 20.0. The van der Waals surface area contributed by atoms with Crippen molar-refractivity contribution in [3.05, 3.63) is 71.8 Å². The van der Waals surface area contributed by atoms with E-state index in [1.165, 1.54) is 0 Å².